The summed E-state index contributed by atoms with van der Waals surface area (Å²) < 4.78 is 0. The molecule has 0 aliphatic heterocycles. The monoisotopic (exact) mass is 317 g/mol. The Balaban J connectivity index is 1.98. The zero-order valence-electron chi connectivity index (χ0n) is 13.2. The van der Waals surface area contributed by atoms with E-state index in [1.165, 1.54) is 0 Å². The number of primary amides is 1. The van der Waals surface area contributed by atoms with Crippen LogP contribution >= 0.6 is 0 Å². The first-order valence-electron chi connectivity index (χ1n) is 7.82. The molecule has 0 saturated heterocycles. The molecule has 2 aromatic carbocycles. The fourth-order valence-electron chi connectivity index (χ4n) is 2.70. The van der Waals surface area contributed by atoms with Crippen molar-refractivity contribution in [3.63, 3.8) is 0 Å². The predicted octanol–water partition coefficient (Wildman–Crippen LogP) is 2.99. The minimum Gasteiger partial charge on any atom is -0.368 e. The summed E-state index contributed by atoms with van der Waals surface area (Å²) in [5.41, 5.74) is 8.35. The molecule has 120 valence electrons. The van der Waals surface area contributed by atoms with E-state index in [0.29, 0.717) is 0 Å². The Kier molecular flexibility index (Phi) is 4.99. The highest BCUT2D eigenvalue weighted by Gasteiger charge is 2.24. The lowest BCUT2D eigenvalue weighted by atomic mass is 9.99. The van der Waals surface area contributed by atoms with Gasteiger partial charge in [0, 0.05) is 6.20 Å². The van der Waals surface area contributed by atoms with Gasteiger partial charge in [0.15, 0.2) is 0 Å². The highest BCUT2D eigenvalue weighted by molar-refractivity contribution is 5.81. The minimum absolute atomic E-state index is 0.231. The van der Waals surface area contributed by atoms with Crippen LogP contribution in [0, 0.1) is 0 Å². The quantitative estimate of drug-likeness (QED) is 0.734. The third-order valence-electron chi connectivity index (χ3n) is 3.87. The summed E-state index contributed by atoms with van der Waals surface area (Å²) in [6.45, 7) is 0. The van der Waals surface area contributed by atoms with Crippen LogP contribution in [-0.4, -0.2) is 10.9 Å². The summed E-state index contributed by atoms with van der Waals surface area (Å²) in [6.07, 6.45) is 1.74. The molecule has 0 bridgehead atoms. The molecule has 4 heteroatoms. The Morgan fingerprint density at radius 3 is 1.96 bits per heavy atom. The molecule has 24 heavy (non-hydrogen) atoms. The van der Waals surface area contributed by atoms with Crippen LogP contribution < -0.4 is 11.1 Å². The van der Waals surface area contributed by atoms with Gasteiger partial charge in [-0.25, -0.2) is 0 Å². The number of benzene rings is 2. The van der Waals surface area contributed by atoms with E-state index in [1.54, 1.807) is 6.20 Å². The van der Waals surface area contributed by atoms with Crippen molar-refractivity contribution in [1.29, 1.82) is 0 Å². The van der Waals surface area contributed by atoms with Gasteiger partial charge in [-0.1, -0.05) is 66.7 Å². The van der Waals surface area contributed by atoms with E-state index in [1.807, 2.05) is 78.9 Å². The Bertz CT molecular complexity index is 736. The molecule has 0 saturated carbocycles. The number of nitrogens with one attached hydrogen (secondary N) is 1. The zero-order chi connectivity index (χ0) is 16.8. The molecule has 0 aliphatic carbocycles. The Morgan fingerprint density at radius 2 is 1.42 bits per heavy atom. The van der Waals surface area contributed by atoms with E-state index in [2.05, 4.69) is 10.3 Å². The number of hydrogen-bond acceptors (Lipinski definition) is 3. The lowest BCUT2D eigenvalue weighted by molar-refractivity contribution is -0.120. The summed E-state index contributed by atoms with van der Waals surface area (Å²) in [7, 11) is 0. The number of hydrogen-bond donors (Lipinski definition) is 2. The van der Waals surface area contributed by atoms with Crippen LogP contribution in [0.4, 0.5) is 0 Å². The summed E-state index contributed by atoms with van der Waals surface area (Å²) >= 11 is 0. The molecule has 0 unspecified atom stereocenters. The van der Waals surface area contributed by atoms with Crippen LogP contribution in [-0.2, 0) is 4.79 Å². The van der Waals surface area contributed by atoms with Gasteiger partial charge in [-0.05, 0) is 23.3 Å². The van der Waals surface area contributed by atoms with Gasteiger partial charge in [-0.2, -0.15) is 0 Å². The van der Waals surface area contributed by atoms with Gasteiger partial charge in [-0.15, -0.1) is 0 Å². The van der Waals surface area contributed by atoms with Crippen molar-refractivity contribution in [1.82, 2.24) is 10.3 Å². The minimum atomic E-state index is -0.599. The van der Waals surface area contributed by atoms with Gasteiger partial charge in [-0.3, -0.25) is 15.1 Å². The van der Waals surface area contributed by atoms with Crippen molar-refractivity contribution in [3.8, 4) is 0 Å². The fraction of sp³-hybridized carbons (Fsp3) is 0.100. The number of amides is 1. The first-order chi connectivity index (χ1) is 11.8. The van der Waals surface area contributed by atoms with Crippen LogP contribution in [0.5, 0.6) is 0 Å². The maximum atomic E-state index is 12.0. The molecular formula is C20H19N3O. The normalized spacial score (nSPS) is 13.2. The van der Waals surface area contributed by atoms with Crippen molar-refractivity contribution < 1.29 is 4.79 Å². The van der Waals surface area contributed by atoms with Crippen molar-refractivity contribution in [2.75, 3.05) is 0 Å². The van der Waals surface area contributed by atoms with Crippen LogP contribution in [0.25, 0.3) is 0 Å². The number of carbonyl (C=O) groups is 1. The second-order valence-corrected chi connectivity index (χ2v) is 5.51. The molecule has 0 spiro atoms. The molecular weight excluding hydrogens is 298 g/mol. The smallest absolute Gasteiger partial charge is 0.239 e. The number of rotatable bonds is 6. The summed E-state index contributed by atoms with van der Waals surface area (Å²) in [5.74, 6) is -0.418. The van der Waals surface area contributed by atoms with E-state index in [0.717, 1.165) is 16.8 Å². The van der Waals surface area contributed by atoms with E-state index in [-0.39, 0.29) is 6.04 Å². The topological polar surface area (TPSA) is 68.0 Å². The van der Waals surface area contributed by atoms with Crippen molar-refractivity contribution in [3.05, 3.63) is 102 Å². The number of pyridine rings is 1. The van der Waals surface area contributed by atoms with E-state index in [9.17, 15) is 4.79 Å². The van der Waals surface area contributed by atoms with Crippen LogP contribution in [0.2, 0.25) is 0 Å². The zero-order valence-corrected chi connectivity index (χ0v) is 13.2. The molecule has 0 aliphatic rings. The lowest BCUT2D eigenvalue weighted by Crippen LogP contribution is -2.36. The molecule has 0 fully saturated rings. The van der Waals surface area contributed by atoms with Crippen molar-refractivity contribution in [2.24, 2.45) is 5.73 Å². The second kappa shape index (κ2) is 7.53. The molecule has 1 aromatic heterocycles. The number of nitrogens with two attached hydrogens (primary N) is 1. The fourth-order valence-corrected chi connectivity index (χ4v) is 2.70. The molecule has 0 radical (unpaired) electrons. The molecule has 1 amide bonds. The Labute approximate surface area is 141 Å². The Hall–Kier alpha value is -2.98. The summed E-state index contributed by atoms with van der Waals surface area (Å²) in [4.78, 5) is 16.5. The summed E-state index contributed by atoms with van der Waals surface area (Å²) in [6, 6.07) is 24.3. The van der Waals surface area contributed by atoms with Gasteiger partial charge in [0.25, 0.3) is 0 Å². The first kappa shape index (κ1) is 15.9. The Morgan fingerprint density at radius 1 is 0.833 bits per heavy atom. The third-order valence-corrected chi connectivity index (χ3v) is 3.87. The number of nitrogens with zero attached hydrogens (tertiary/aromatic N) is 1. The number of carbonyl (C=O) groups excluding carboxylic acids is 1. The van der Waals surface area contributed by atoms with Crippen molar-refractivity contribution in [2.45, 2.75) is 12.1 Å². The van der Waals surface area contributed by atoms with Crippen LogP contribution in [0.1, 0.15) is 28.9 Å². The molecule has 3 aromatic rings. The van der Waals surface area contributed by atoms with E-state index in [4.69, 9.17) is 5.73 Å². The molecule has 3 N–H and O–H groups in total. The molecule has 1 heterocycles. The summed E-state index contributed by atoms with van der Waals surface area (Å²) in [5, 5.41) is 3.37. The van der Waals surface area contributed by atoms with Gasteiger partial charge in [0.05, 0.1) is 11.7 Å². The molecule has 2 atom stereocenters. The standard InChI is InChI=1S/C20H19N3O/c21-20(24)19(16-11-5-2-6-12-16)23-18(15-9-3-1-4-10-15)17-13-7-8-14-22-17/h1-14,18-19,23H,(H2,21,24)/t18-,19+/m0/s1. The SMILES string of the molecule is NC(=O)[C@H](N[C@@H](c1ccccc1)c1ccccn1)c1ccccc1. The van der Waals surface area contributed by atoms with Gasteiger partial charge in [0.2, 0.25) is 5.91 Å². The van der Waals surface area contributed by atoms with E-state index < -0.39 is 11.9 Å². The third kappa shape index (κ3) is 3.67. The first-order valence-corrected chi connectivity index (χ1v) is 7.82. The molecule has 3 rings (SSSR count). The maximum Gasteiger partial charge on any atom is 0.239 e. The average molecular weight is 317 g/mol. The largest absolute Gasteiger partial charge is 0.368 e. The predicted molar refractivity (Wildman–Crippen MR) is 94.0 cm³/mol. The molecule has 4 nitrogen and oxygen atoms in total. The van der Waals surface area contributed by atoms with Gasteiger partial charge in [0.1, 0.15) is 6.04 Å². The van der Waals surface area contributed by atoms with Crippen LogP contribution in [0.15, 0.2) is 85.1 Å². The second-order valence-electron chi connectivity index (χ2n) is 5.51. The van der Waals surface area contributed by atoms with E-state index >= 15 is 0 Å². The highest BCUT2D eigenvalue weighted by Crippen LogP contribution is 2.24. The van der Waals surface area contributed by atoms with Gasteiger partial charge >= 0.3 is 0 Å². The maximum absolute atomic E-state index is 12.0. The average Bonchev–Trinajstić information content (AvgIpc) is 2.64. The number of aromatic nitrogens is 1. The van der Waals surface area contributed by atoms with Crippen LogP contribution in [0.3, 0.4) is 0 Å². The highest BCUT2D eigenvalue weighted by atomic mass is 16.1. The van der Waals surface area contributed by atoms with Gasteiger partial charge < -0.3 is 5.73 Å². The van der Waals surface area contributed by atoms with Crippen molar-refractivity contribution >= 4 is 5.91 Å². The lowest BCUT2D eigenvalue weighted by Gasteiger charge is -2.24.